The molecule has 1 atom stereocenters. The van der Waals surface area contributed by atoms with Gasteiger partial charge in [0.05, 0.1) is 0 Å². The molecule has 0 aliphatic rings. The molecule has 0 aliphatic carbocycles. The number of aliphatic carboxylic acids is 1. The second-order valence-corrected chi connectivity index (χ2v) is 3.38. The van der Waals surface area contributed by atoms with Crippen molar-refractivity contribution in [2.45, 2.75) is 19.9 Å². The third-order valence-electron chi connectivity index (χ3n) is 1.62. The van der Waals surface area contributed by atoms with Gasteiger partial charge < -0.3 is 16.2 Å². The Morgan fingerprint density at radius 3 is 2.31 bits per heavy atom. The van der Waals surface area contributed by atoms with Crippen LogP contribution in [-0.2, 0) is 14.4 Å². The van der Waals surface area contributed by atoms with Crippen molar-refractivity contribution in [3.63, 3.8) is 0 Å². The van der Waals surface area contributed by atoms with Crippen LogP contribution in [0, 0.1) is 5.92 Å². The number of primary amides is 1. The van der Waals surface area contributed by atoms with Crippen molar-refractivity contribution >= 4 is 17.9 Å². The molecule has 0 radical (unpaired) electrons. The minimum absolute atomic E-state index is 0.207. The highest BCUT2D eigenvalue weighted by Gasteiger charge is 2.23. The van der Waals surface area contributed by atoms with E-state index in [0.717, 1.165) is 0 Å². The topological polar surface area (TPSA) is 131 Å². The molecule has 8 heteroatoms. The summed E-state index contributed by atoms with van der Waals surface area (Å²) in [4.78, 5) is 36.5. The Bertz CT molecular complexity index is 279. The number of hydrogen-bond acceptors (Lipinski definition) is 4. The fourth-order valence-electron chi connectivity index (χ4n) is 0.921. The van der Waals surface area contributed by atoms with Gasteiger partial charge in [-0.3, -0.25) is 9.63 Å². The van der Waals surface area contributed by atoms with E-state index in [1.54, 1.807) is 13.8 Å². The molecule has 0 aromatic rings. The molecule has 0 spiro atoms. The Labute approximate surface area is 92.1 Å². The summed E-state index contributed by atoms with van der Waals surface area (Å²) in [7, 11) is 0. The lowest BCUT2D eigenvalue weighted by Gasteiger charge is -2.19. The number of nitrogens with one attached hydrogen (secondary N) is 2. The van der Waals surface area contributed by atoms with E-state index >= 15 is 0 Å². The van der Waals surface area contributed by atoms with E-state index in [-0.39, 0.29) is 5.92 Å². The van der Waals surface area contributed by atoms with Gasteiger partial charge in [0, 0.05) is 0 Å². The van der Waals surface area contributed by atoms with Crippen LogP contribution in [0.5, 0.6) is 0 Å². The molecule has 0 bridgehead atoms. The standard InChI is InChI=1S/C8H15N3O5/c1-4(2)6(10-8(9)15)7(14)11-16-3-5(12)13/h4,6H,3H2,1-2H3,(H,11,14)(H,12,13)(H3,9,10,15). The van der Waals surface area contributed by atoms with E-state index in [2.05, 4.69) is 10.2 Å². The first-order chi connectivity index (χ1) is 7.34. The van der Waals surface area contributed by atoms with Crippen molar-refractivity contribution < 1.29 is 24.3 Å². The number of amides is 3. The molecular formula is C8H15N3O5. The monoisotopic (exact) mass is 233 g/mol. The summed E-state index contributed by atoms with van der Waals surface area (Å²) >= 11 is 0. The predicted molar refractivity (Wildman–Crippen MR) is 53.1 cm³/mol. The second kappa shape index (κ2) is 6.62. The lowest BCUT2D eigenvalue weighted by Crippen LogP contribution is -2.51. The van der Waals surface area contributed by atoms with Gasteiger partial charge in [0.2, 0.25) is 0 Å². The lowest BCUT2D eigenvalue weighted by atomic mass is 10.0. The van der Waals surface area contributed by atoms with Gasteiger partial charge in [0.25, 0.3) is 5.91 Å². The molecule has 0 heterocycles. The molecule has 0 rings (SSSR count). The van der Waals surface area contributed by atoms with Gasteiger partial charge in [-0.25, -0.2) is 15.1 Å². The minimum atomic E-state index is -1.22. The van der Waals surface area contributed by atoms with Gasteiger partial charge in [-0.15, -0.1) is 0 Å². The molecule has 0 aromatic carbocycles. The SMILES string of the molecule is CC(C)C(NC(N)=O)C(=O)NOCC(=O)O. The van der Waals surface area contributed by atoms with Crippen LogP contribution in [0.1, 0.15) is 13.8 Å². The summed E-state index contributed by atoms with van der Waals surface area (Å²) < 4.78 is 0. The molecule has 1 unspecified atom stereocenters. The molecule has 8 nitrogen and oxygen atoms in total. The van der Waals surface area contributed by atoms with Crippen LogP contribution in [0.25, 0.3) is 0 Å². The molecule has 0 saturated heterocycles. The first kappa shape index (κ1) is 14.2. The highest BCUT2D eigenvalue weighted by atomic mass is 16.7. The van der Waals surface area contributed by atoms with E-state index in [1.807, 2.05) is 5.48 Å². The molecule has 5 N–H and O–H groups in total. The number of nitrogens with two attached hydrogens (primary N) is 1. The van der Waals surface area contributed by atoms with Gasteiger partial charge in [0.15, 0.2) is 6.61 Å². The highest BCUT2D eigenvalue weighted by Crippen LogP contribution is 2.01. The Morgan fingerprint density at radius 1 is 1.38 bits per heavy atom. The number of hydroxylamine groups is 1. The van der Waals surface area contributed by atoms with E-state index in [1.165, 1.54) is 0 Å². The van der Waals surface area contributed by atoms with Crippen molar-refractivity contribution in [3.8, 4) is 0 Å². The van der Waals surface area contributed by atoms with Crippen LogP contribution in [0.2, 0.25) is 0 Å². The molecule has 3 amide bonds. The highest BCUT2D eigenvalue weighted by molar-refractivity contribution is 5.86. The molecule has 92 valence electrons. The summed E-state index contributed by atoms with van der Waals surface area (Å²) in [6, 6.07) is -1.71. The zero-order valence-corrected chi connectivity index (χ0v) is 9.02. The molecule has 0 aromatic heterocycles. The number of carboxylic acids is 1. The van der Waals surface area contributed by atoms with Crippen molar-refractivity contribution in [2.24, 2.45) is 11.7 Å². The average Bonchev–Trinajstić information content (AvgIpc) is 2.12. The molecule has 0 aliphatic heterocycles. The second-order valence-electron chi connectivity index (χ2n) is 3.38. The maximum atomic E-state index is 11.4. The van der Waals surface area contributed by atoms with Crippen molar-refractivity contribution in [3.05, 3.63) is 0 Å². The Kier molecular flexibility index (Phi) is 5.86. The number of rotatable bonds is 6. The summed E-state index contributed by atoms with van der Waals surface area (Å²) in [6.45, 7) is 2.72. The lowest BCUT2D eigenvalue weighted by molar-refractivity contribution is -0.150. The van der Waals surface area contributed by atoms with E-state index < -0.39 is 30.6 Å². The summed E-state index contributed by atoms with van der Waals surface area (Å²) in [6.07, 6.45) is 0. The van der Waals surface area contributed by atoms with Gasteiger partial charge in [0.1, 0.15) is 6.04 Å². The van der Waals surface area contributed by atoms with E-state index in [4.69, 9.17) is 10.8 Å². The Hall–Kier alpha value is -1.83. The number of carbonyl (C=O) groups excluding carboxylic acids is 2. The summed E-state index contributed by atoms with van der Waals surface area (Å²) in [5.41, 5.74) is 6.79. The zero-order chi connectivity index (χ0) is 12.7. The Morgan fingerprint density at radius 2 is 1.94 bits per heavy atom. The third-order valence-corrected chi connectivity index (χ3v) is 1.62. The van der Waals surface area contributed by atoms with Crippen LogP contribution in [-0.4, -0.2) is 35.7 Å². The fraction of sp³-hybridized carbons (Fsp3) is 0.625. The van der Waals surface area contributed by atoms with Gasteiger partial charge in [-0.2, -0.15) is 0 Å². The van der Waals surface area contributed by atoms with Gasteiger partial charge in [-0.1, -0.05) is 13.8 Å². The predicted octanol–water partition coefficient (Wildman–Crippen LogP) is -1.19. The van der Waals surface area contributed by atoms with Crippen molar-refractivity contribution in [1.29, 1.82) is 0 Å². The molecular weight excluding hydrogens is 218 g/mol. The number of urea groups is 1. The van der Waals surface area contributed by atoms with Crippen LogP contribution in [0.15, 0.2) is 0 Å². The minimum Gasteiger partial charge on any atom is -0.479 e. The average molecular weight is 233 g/mol. The largest absolute Gasteiger partial charge is 0.479 e. The van der Waals surface area contributed by atoms with E-state index in [9.17, 15) is 14.4 Å². The van der Waals surface area contributed by atoms with Gasteiger partial charge >= 0.3 is 12.0 Å². The molecule has 0 fully saturated rings. The maximum Gasteiger partial charge on any atom is 0.332 e. The fourth-order valence-corrected chi connectivity index (χ4v) is 0.921. The summed E-state index contributed by atoms with van der Waals surface area (Å²) in [5, 5.41) is 10.5. The van der Waals surface area contributed by atoms with Gasteiger partial charge in [-0.05, 0) is 5.92 Å². The first-order valence-electron chi connectivity index (χ1n) is 4.54. The normalized spacial score (nSPS) is 11.9. The summed E-state index contributed by atoms with van der Waals surface area (Å²) in [5.74, 6) is -2.08. The van der Waals surface area contributed by atoms with E-state index in [0.29, 0.717) is 0 Å². The number of hydrogen-bond donors (Lipinski definition) is 4. The first-order valence-corrected chi connectivity index (χ1v) is 4.54. The van der Waals surface area contributed by atoms with Crippen LogP contribution in [0.3, 0.4) is 0 Å². The molecule has 0 saturated carbocycles. The van der Waals surface area contributed by atoms with Crippen LogP contribution in [0.4, 0.5) is 4.79 Å². The zero-order valence-electron chi connectivity index (χ0n) is 9.02. The van der Waals surface area contributed by atoms with Crippen molar-refractivity contribution in [1.82, 2.24) is 10.8 Å². The number of carbonyl (C=O) groups is 3. The third kappa shape index (κ3) is 5.81. The van der Waals surface area contributed by atoms with Crippen LogP contribution < -0.4 is 16.5 Å². The Balaban J connectivity index is 4.17. The smallest absolute Gasteiger partial charge is 0.332 e. The maximum absolute atomic E-state index is 11.4. The van der Waals surface area contributed by atoms with Crippen LogP contribution >= 0.6 is 0 Å². The molecule has 16 heavy (non-hydrogen) atoms. The number of carboxylic acid groups (broad SMARTS) is 1. The van der Waals surface area contributed by atoms with Crippen molar-refractivity contribution in [2.75, 3.05) is 6.61 Å². The quantitative estimate of drug-likeness (QED) is 0.428.